The first-order chi connectivity index (χ1) is 7.16. The van der Waals surface area contributed by atoms with Crippen molar-refractivity contribution in [1.82, 2.24) is 0 Å². The largest absolute Gasteiger partial charge is 0.390 e. The van der Waals surface area contributed by atoms with E-state index >= 15 is 0 Å². The molecule has 2 unspecified atom stereocenters. The van der Waals surface area contributed by atoms with Gasteiger partial charge >= 0.3 is 0 Å². The SMILES string of the molecule is CCCC(C)C(O)C1(OC)CCOCC1. The second kappa shape index (κ2) is 5.83. The van der Waals surface area contributed by atoms with E-state index in [0.29, 0.717) is 19.1 Å². The van der Waals surface area contributed by atoms with Gasteiger partial charge in [0.1, 0.15) is 0 Å². The van der Waals surface area contributed by atoms with Gasteiger partial charge in [-0.15, -0.1) is 0 Å². The Bertz CT molecular complexity index is 176. The maximum Gasteiger partial charge on any atom is 0.0982 e. The van der Waals surface area contributed by atoms with Gasteiger partial charge in [0.2, 0.25) is 0 Å². The van der Waals surface area contributed by atoms with Gasteiger partial charge in [-0.05, 0) is 12.3 Å². The van der Waals surface area contributed by atoms with Crippen molar-refractivity contribution in [2.45, 2.75) is 51.2 Å². The monoisotopic (exact) mass is 216 g/mol. The van der Waals surface area contributed by atoms with Crippen molar-refractivity contribution in [2.75, 3.05) is 20.3 Å². The van der Waals surface area contributed by atoms with Gasteiger partial charge in [-0.2, -0.15) is 0 Å². The first kappa shape index (κ1) is 12.9. The number of hydrogen-bond donors (Lipinski definition) is 1. The highest BCUT2D eigenvalue weighted by Gasteiger charge is 2.41. The third-order valence-electron chi connectivity index (χ3n) is 3.57. The molecule has 0 radical (unpaired) electrons. The number of hydrogen-bond acceptors (Lipinski definition) is 3. The van der Waals surface area contributed by atoms with E-state index in [-0.39, 0.29) is 11.7 Å². The average Bonchev–Trinajstić information content (AvgIpc) is 2.29. The first-order valence-electron chi connectivity index (χ1n) is 5.97. The van der Waals surface area contributed by atoms with Crippen molar-refractivity contribution in [3.05, 3.63) is 0 Å². The van der Waals surface area contributed by atoms with Crippen molar-refractivity contribution in [1.29, 1.82) is 0 Å². The third kappa shape index (κ3) is 2.92. The van der Waals surface area contributed by atoms with Crippen LogP contribution in [0.1, 0.15) is 39.5 Å². The van der Waals surface area contributed by atoms with Gasteiger partial charge in [-0.3, -0.25) is 0 Å². The zero-order valence-corrected chi connectivity index (χ0v) is 10.2. The van der Waals surface area contributed by atoms with E-state index in [1.807, 2.05) is 0 Å². The minimum absolute atomic E-state index is 0.299. The molecule has 90 valence electrons. The molecule has 15 heavy (non-hydrogen) atoms. The second-order valence-corrected chi connectivity index (χ2v) is 4.59. The molecule has 2 atom stereocenters. The maximum absolute atomic E-state index is 10.3. The summed E-state index contributed by atoms with van der Waals surface area (Å²) in [6.07, 6.45) is 3.39. The zero-order chi connectivity index (χ0) is 11.3. The highest BCUT2D eigenvalue weighted by molar-refractivity contribution is 4.92. The van der Waals surface area contributed by atoms with Gasteiger partial charge in [0.15, 0.2) is 0 Å². The van der Waals surface area contributed by atoms with Gasteiger partial charge in [-0.25, -0.2) is 0 Å². The Morgan fingerprint density at radius 1 is 1.40 bits per heavy atom. The van der Waals surface area contributed by atoms with Crippen LogP contribution in [0.15, 0.2) is 0 Å². The number of aliphatic hydroxyl groups excluding tert-OH is 1. The molecular weight excluding hydrogens is 192 g/mol. The van der Waals surface area contributed by atoms with Gasteiger partial charge in [-0.1, -0.05) is 20.3 Å². The lowest BCUT2D eigenvalue weighted by Crippen LogP contribution is -2.51. The molecule has 0 aromatic heterocycles. The molecule has 1 N–H and O–H groups in total. The summed E-state index contributed by atoms with van der Waals surface area (Å²) in [7, 11) is 1.70. The van der Waals surface area contributed by atoms with E-state index in [2.05, 4.69) is 13.8 Å². The highest BCUT2D eigenvalue weighted by atomic mass is 16.5. The predicted octanol–water partition coefficient (Wildman–Crippen LogP) is 1.98. The fraction of sp³-hybridized carbons (Fsp3) is 1.00. The fourth-order valence-electron chi connectivity index (χ4n) is 2.47. The summed E-state index contributed by atoms with van der Waals surface area (Å²) in [6.45, 7) is 5.64. The molecule has 0 spiro atoms. The highest BCUT2D eigenvalue weighted by Crippen LogP contribution is 2.33. The van der Waals surface area contributed by atoms with Crippen molar-refractivity contribution >= 4 is 0 Å². The van der Waals surface area contributed by atoms with Crippen LogP contribution >= 0.6 is 0 Å². The molecule has 0 aliphatic carbocycles. The summed E-state index contributed by atoms with van der Waals surface area (Å²) in [5.74, 6) is 0.299. The van der Waals surface area contributed by atoms with E-state index in [4.69, 9.17) is 9.47 Å². The van der Waals surface area contributed by atoms with Crippen LogP contribution in [0.4, 0.5) is 0 Å². The van der Waals surface area contributed by atoms with Crippen LogP contribution in [0.25, 0.3) is 0 Å². The standard InChI is InChI=1S/C12H24O3/c1-4-5-10(2)11(13)12(14-3)6-8-15-9-7-12/h10-11,13H,4-9H2,1-3H3. The molecule has 3 nitrogen and oxygen atoms in total. The summed E-state index contributed by atoms with van der Waals surface area (Å²) >= 11 is 0. The van der Waals surface area contributed by atoms with E-state index in [1.54, 1.807) is 7.11 Å². The summed E-state index contributed by atoms with van der Waals surface area (Å²) in [5.41, 5.74) is -0.368. The lowest BCUT2D eigenvalue weighted by atomic mass is 9.80. The number of ether oxygens (including phenoxy) is 2. The summed E-state index contributed by atoms with van der Waals surface area (Å²) < 4.78 is 10.9. The second-order valence-electron chi connectivity index (χ2n) is 4.59. The van der Waals surface area contributed by atoms with Crippen molar-refractivity contribution < 1.29 is 14.6 Å². The summed E-state index contributed by atoms with van der Waals surface area (Å²) in [4.78, 5) is 0. The molecule has 1 aliphatic rings. The molecule has 3 heteroatoms. The van der Waals surface area contributed by atoms with Gasteiger partial charge in [0.05, 0.1) is 11.7 Å². The Labute approximate surface area is 92.8 Å². The minimum atomic E-state index is -0.369. The number of rotatable bonds is 5. The molecular formula is C12H24O3. The average molecular weight is 216 g/mol. The van der Waals surface area contributed by atoms with Crippen LogP contribution < -0.4 is 0 Å². The molecule has 0 aromatic carbocycles. The van der Waals surface area contributed by atoms with Crippen LogP contribution in [0.2, 0.25) is 0 Å². The normalized spacial score (nSPS) is 24.8. The molecule has 1 fully saturated rings. The van der Waals surface area contributed by atoms with E-state index in [9.17, 15) is 5.11 Å². The minimum Gasteiger partial charge on any atom is -0.390 e. The maximum atomic E-state index is 10.3. The Hall–Kier alpha value is -0.120. The lowest BCUT2D eigenvalue weighted by Gasteiger charge is -2.42. The molecule has 1 saturated heterocycles. The van der Waals surface area contributed by atoms with Crippen LogP contribution in [0.3, 0.4) is 0 Å². The topological polar surface area (TPSA) is 38.7 Å². The Balaban J connectivity index is 2.62. The van der Waals surface area contributed by atoms with Crippen molar-refractivity contribution in [2.24, 2.45) is 5.92 Å². The lowest BCUT2D eigenvalue weighted by molar-refractivity contribution is -0.166. The van der Waals surface area contributed by atoms with Crippen LogP contribution in [0, 0.1) is 5.92 Å². The van der Waals surface area contributed by atoms with Crippen molar-refractivity contribution in [3.63, 3.8) is 0 Å². The molecule has 0 aromatic rings. The predicted molar refractivity (Wildman–Crippen MR) is 59.9 cm³/mol. The van der Waals surface area contributed by atoms with E-state index in [1.165, 1.54) is 0 Å². The van der Waals surface area contributed by atoms with Gasteiger partial charge in [0.25, 0.3) is 0 Å². The summed E-state index contributed by atoms with van der Waals surface area (Å²) in [5, 5.41) is 10.3. The van der Waals surface area contributed by atoms with Crippen LogP contribution in [0.5, 0.6) is 0 Å². The van der Waals surface area contributed by atoms with Gasteiger partial charge < -0.3 is 14.6 Å². The summed E-state index contributed by atoms with van der Waals surface area (Å²) in [6, 6.07) is 0. The van der Waals surface area contributed by atoms with E-state index in [0.717, 1.165) is 25.7 Å². The smallest absolute Gasteiger partial charge is 0.0982 e. The number of methoxy groups -OCH3 is 1. The van der Waals surface area contributed by atoms with Crippen LogP contribution in [-0.4, -0.2) is 37.1 Å². The molecule has 0 amide bonds. The van der Waals surface area contributed by atoms with E-state index < -0.39 is 0 Å². The molecule has 0 bridgehead atoms. The number of aliphatic hydroxyl groups is 1. The Morgan fingerprint density at radius 3 is 2.47 bits per heavy atom. The fourth-order valence-corrected chi connectivity index (χ4v) is 2.47. The van der Waals surface area contributed by atoms with Crippen molar-refractivity contribution in [3.8, 4) is 0 Å². The first-order valence-corrected chi connectivity index (χ1v) is 5.97. The van der Waals surface area contributed by atoms with Gasteiger partial charge in [0, 0.05) is 33.2 Å². The quantitative estimate of drug-likeness (QED) is 0.763. The Morgan fingerprint density at radius 2 is 2.00 bits per heavy atom. The molecule has 1 aliphatic heterocycles. The molecule has 0 saturated carbocycles. The van der Waals surface area contributed by atoms with Crippen LogP contribution in [-0.2, 0) is 9.47 Å². The zero-order valence-electron chi connectivity index (χ0n) is 10.2. The molecule has 1 heterocycles. The Kier molecular flexibility index (Phi) is 5.03. The molecule has 1 rings (SSSR count). The third-order valence-corrected chi connectivity index (χ3v) is 3.57.